The van der Waals surface area contributed by atoms with Crippen LogP contribution in [-0.2, 0) is 28.0 Å². The van der Waals surface area contributed by atoms with Crippen LogP contribution in [0.4, 0.5) is 0 Å². The number of primary amides is 1. The molecule has 0 bridgehead atoms. The zero-order chi connectivity index (χ0) is 22.7. The Morgan fingerprint density at radius 2 is 1.61 bits per heavy atom. The minimum Gasteiger partial charge on any atom is -1.00 e. The first-order chi connectivity index (χ1) is 15.5. The van der Waals surface area contributed by atoms with Gasteiger partial charge in [0.25, 0.3) is 5.82 Å². The molecule has 0 radical (unpaired) electrons. The normalized spacial score (nSPS) is 18.0. The number of hydrogen-bond donors (Lipinski definition) is 1. The summed E-state index contributed by atoms with van der Waals surface area (Å²) in [5.41, 5.74) is 7.27. The van der Waals surface area contributed by atoms with Crippen LogP contribution in [0.3, 0.4) is 0 Å². The minimum atomic E-state index is -0.869. The van der Waals surface area contributed by atoms with Gasteiger partial charge in [-0.05, 0) is 43.2 Å². The molecule has 1 heterocycles. The largest absolute Gasteiger partial charge is 1.00 e. The second kappa shape index (κ2) is 10.5. The molecule has 174 valence electrons. The average molecular weight is 510 g/mol. The predicted octanol–water partition coefficient (Wildman–Crippen LogP) is 0.744. The van der Waals surface area contributed by atoms with E-state index in [0.29, 0.717) is 6.54 Å². The van der Waals surface area contributed by atoms with Crippen LogP contribution in [0.5, 0.6) is 0 Å². The van der Waals surface area contributed by atoms with Gasteiger partial charge in [-0.2, -0.15) is 0 Å². The molecule has 1 fully saturated rings. The van der Waals surface area contributed by atoms with Crippen LogP contribution in [0, 0.1) is 5.92 Å². The Balaban J connectivity index is 0.00000306. The third-order valence-electron chi connectivity index (χ3n) is 7.00. The molecule has 33 heavy (non-hydrogen) atoms. The molecule has 0 saturated heterocycles. The number of halogens is 1. The van der Waals surface area contributed by atoms with Crippen LogP contribution in [0.25, 0.3) is 0 Å². The number of carbonyl (C=O) groups is 2. The summed E-state index contributed by atoms with van der Waals surface area (Å²) in [6.45, 7) is 4.14. The molecule has 2 atom stereocenters. The molecule has 4 rings (SSSR count). The van der Waals surface area contributed by atoms with Gasteiger partial charge in [-0.25, -0.2) is 9.13 Å². The van der Waals surface area contributed by atoms with Crippen molar-refractivity contribution in [1.82, 2.24) is 4.57 Å². The first-order valence-corrected chi connectivity index (χ1v) is 11.5. The quantitative estimate of drug-likeness (QED) is 0.455. The zero-order valence-corrected chi connectivity index (χ0v) is 20.9. The van der Waals surface area contributed by atoms with E-state index in [2.05, 4.69) is 17.7 Å². The van der Waals surface area contributed by atoms with E-state index < -0.39 is 5.41 Å². The van der Waals surface area contributed by atoms with E-state index >= 15 is 0 Å². The van der Waals surface area contributed by atoms with Crippen molar-refractivity contribution in [2.45, 2.75) is 57.5 Å². The standard InChI is InChI=1S/C27H31N3O2.BrH/c1-3-25-29(19-20(2)31)16-17-30(25)24-15-14-23(18-24)27(26(28)32,21-10-6-4-7-11-21)22-12-8-5-9-13-22;/h4-13,16-17,23-24H,3,14-15,18-19H2,1-2H3,(H-,28,32);1H/t23-,24+;/m1./s1. The summed E-state index contributed by atoms with van der Waals surface area (Å²) in [7, 11) is 0. The summed E-state index contributed by atoms with van der Waals surface area (Å²) in [5, 5.41) is 0. The summed E-state index contributed by atoms with van der Waals surface area (Å²) < 4.78 is 4.36. The molecular weight excluding hydrogens is 478 g/mol. The molecule has 3 aromatic rings. The number of rotatable bonds is 8. The van der Waals surface area contributed by atoms with E-state index in [1.165, 1.54) is 0 Å². The first kappa shape index (κ1) is 24.9. The van der Waals surface area contributed by atoms with Crippen molar-refractivity contribution in [1.29, 1.82) is 0 Å². The molecular formula is C27H32BrN3O2. The Labute approximate surface area is 206 Å². The third-order valence-corrected chi connectivity index (χ3v) is 7.00. The lowest BCUT2D eigenvalue weighted by Crippen LogP contribution is -3.00. The SMILES string of the molecule is CCc1n([C@H]2CC[C@@H](C(C(N)=O)(c3ccccc3)c3ccccc3)C2)cc[n+]1CC(C)=O.[Br-]. The van der Waals surface area contributed by atoms with Crippen LogP contribution in [-0.4, -0.2) is 16.3 Å². The van der Waals surface area contributed by atoms with E-state index in [-0.39, 0.29) is 40.6 Å². The van der Waals surface area contributed by atoms with E-state index in [0.717, 1.165) is 42.6 Å². The van der Waals surface area contributed by atoms with Crippen molar-refractivity contribution >= 4 is 11.7 Å². The molecule has 1 saturated carbocycles. The molecule has 1 aliphatic rings. The lowest BCUT2D eigenvalue weighted by atomic mass is 9.64. The van der Waals surface area contributed by atoms with Gasteiger partial charge in [-0.15, -0.1) is 0 Å². The van der Waals surface area contributed by atoms with Gasteiger partial charge in [-0.1, -0.05) is 67.6 Å². The van der Waals surface area contributed by atoms with E-state index in [1.807, 2.05) is 71.4 Å². The van der Waals surface area contributed by atoms with Crippen LogP contribution in [0.2, 0.25) is 0 Å². The number of Topliss-reactive ketones (excluding diaryl/α,β-unsaturated/α-hetero) is 1. The van der Waals surface area contributed by atoms with Gasteiger partial charge in [0.05, 0.1) is 0 Å². The number of benzene rings is 2. The van der Waals surface area contributed by atoms with Crippen molar-refractivity contribution in [3.8, 4) is 0 Å². The topological polar surface area (TPSA) is 69.0 Å². The zero-order valence-electron chi connectivity index (χ0n) is 19.3. The van der Waals surface area contributed by atoms with Gasteiger partial charge in [0.2, 0.25) is 5.91 Å². The molecule has 2 aromatic carbocycles. The van der Waals surface area contributed by atoms with Crippen molar-refractivity contribution in [3.05, 3.63) is 90.0 Å². The van der Waals surface area contributed by atoms with Crippen molar-refractivity contribution in [2.24, 2.45) is 11.7 Å². The molecule has 0 aliphatic heterocycles. The van der Waals surface area contributed by atoms with Gasteiger partial charge in [0, 0.05) is 6.42 Å². The van der Waals surface area contributed by atoms with E-state index in [9.17, 15) is 9.59 Å². The van der Waals surface area contributed by atoms with Crippen molar-refractivity contribution in [2.75, 3.05) is 0 Å². The van der Waals surface area contributed by atoms with E-state index in [4.69, 9.17) is 5.73 Å². The van der Waals surface area contributed by atoms with Crippen molar-refractivity contribution < 1.29 is 31.1 Å². The molecule has 1 aliphatic carbocycles. The maximum atomic E-state index is 13.3. The fourth-order valence-electron chi connectivity index (χ4n) is 5.70. The number of imidazole rings is 1. The maximum absolute atomic E-state index is 13.3. The van der Waals surface area contributed by atoms with Crippen LogP contribution >= 0.6 is 0 Å². The summed E-state index contributed by atoms with van der Waals surface area (Å²) in [6.07, 6.45) is 7.68. The Morgan fingerprint density at radius 3 is 2.09 bits per heavy atom. The van der Waals surface area contributed by atoms with Gasteiger partial charge >= 0.3 is 0 Å². The second-order valence-corrected chi connectivity index (χ2v) is 8.87. The first-order valence-electron chi connectivity index (χ1n) is 11.5. The Hall–Kier alpha value is -2.73. The number of aromatic nitrogens is 2. The summed E-state index contributed by atoms with van der Waals surface area (Å²) in [4.78, 5) is 25.0. The number of nitrogens with two attached hydrogens (primary N) is 1. The highest BCUT2D eigenvalue weighted by Gasteiger charge is 2.51. The molecule has 2 N–H and O–H groups in total. The summed E-state index contributed by atoms with van der Waals surface area (Å²) in [5.74, 6) is 1.08. The highest BCUT2D eigenvalue weighted by Crippen LogP contribution is 2.49. The van der Waals surface area contributed by atoms with Gasteiger partial charge in [-0.3, -0.25) is 9.59 Å². The highest BCUT2D eigenvalue weighted by molar-refractivity contribution is 5.91. The smallest absolute Gasteiger partial charge is 0.256 e. The fourth-order valence-corrected chi connectivity index (χ4v) is 5.70. The van der Waals surface area contributed by atoms with Crippen LogP contribution in [0.1, 0.15) is 56.1 Å². The number of hydrogen-bond acceptors (Lipinski definition) is 2. The van der Waals surface area contributed by atoms with Crippen LogP contribution in [0.15, 0.2) is 73.1 Å². The second-order valence-electron chi connectivity index (χ2n) is 8.87. The fraction of sp³-hybridized carbons (Fsp3) is 0.370. The monoisotopic (exact) mass is 509 g/mol. The lowest BCUT2D eigenvalue weighted by molar-refractivity contribution is -0.691. The highest BCUT2D eigenvalue weighted by atomic mass is 79.9. The molecule has 1 aromatic heterocycles. The van der Waals surface area contributed by atoms with Gasteiger partial charge in [0.1, 0.15) is 30.4 Å². The van der Waals surface area contributed by atoms with E-state index in [1.54, 1.807) is 6.92 Å². The average Bonchev–Trinajstić information content (AvgIpc) is 3.42. The molecule has 1 amide bonds. The number of ketones is 1. The Morgan fingerprint density at radius 1 is 1.03 bits per heavy atom. The Bertz CT molecular complexity index is 1060. The Kier molecular flexibility index (Phi) is 7.90. The van der Waals surface area contributed by atoms with Gasteiger partial charge < -0.3 is 22.7 Å². The summed E-state index contributed by atoms with van der Waals surface area (Å²) in [6, 6.07) is 20.2. The molecule has 0 spiro atoms. The number of amides is 1. The lowest BCUT2D eigenvalue weighted by Gasteiger charge is -2.37. The number of carbonyl (C=O) groups excluding carboxylic acids is 2. The molecule has 6 heteroatoms. The molecule has 5 nitrogen and oxygen atoms in total. The third kappa shape index (κ3) is 4.54. The molecule has 0 unspecified atom stereocenters. The maximum Gasteiger partial charge on any atom is 0.256 e. The predicted molar refractivity (Wildman–Crippen MR) is 124 cm³/mol. The minimum absolute atomic E-state index is 0. The summed E-state index contributed by atoms with van der Waals surface area (Å²) >= 11 is 0. The van der Waals surface area contributed by atoms with Crippen molar-refractivity contribution in [3.63, 3.8) is 0 Å². The van der Waals surface area contributed by atoms with Crippen LogP contribution < -0.4 is 27.3 Å². The number of nitrogens with zero attached hydrogens (tertiary/aromatic N) is 2. The van der Waals surface area contributed by atoms with Gasteiger partial charge in [0.15, 0.2) is 5.78 Å².